The van der Waals surface area contributed by atoms with Gasteiger partial charge in [0, 0.05) is 51.1 Å². The van der Waals surface area contributed by atoms with E-state index in [9.17, 15) is 14.4 Å². The van der Waals surface area contributed by atoms with Crippen molar-refractivity contribution in [2.75, 3.05) is 38.1 Å². The van der Waals surface area contributed by atoms with Crippen molar-refractivity contribution in [3.05, 3.63) is 34.1 Å². The second-order valence-corrected chi connectivity index (χ2v) is 6.39. The van der Waals surface area contributed by atoms with Gasteiger partial charge in [0.25, 0.3) is 0 Å². The van der Waals surface area contributed by atoms with Gasteiger partial charge in [0.05, 0.1) is 6.61 Å². The van der Waals surface area contributed by atoms with Gasteiger partial charge in [0.15, 0.2) is 0 Å². The molecule has 3 heterocycles. The van der Waals surface area contributed by atoms with Crippen LogP contribution in [-0.4, -0.2) is 64.6 Å². The molecule has 0 spiro atoms. The third-order valence-corrected chi connectivity index (χ3v) is 4.38. The number of hydrogen-bond acceptors (Lipinski definition) is 6. The lowest BCUT2D eigenvalue weighted by Gasteiger charge is -2.34. The van der Waals surface area contributed by atoms with E-state index in [0.717, 1.165) is 10.9 Å². The van der Waals surface area contributed by atoms with Gasteiger partial charge in [-0.05, 0) is 24.6 Å². The number of hydrogen-bond donors (Lipinski definition) is 2. The van der Waals surface area contributed by atoms with Gasteiger partial charge in [-0.15, -0.1) is 0 Å². The molecule has 0 aliphatic carbocycles. The molecular formula is C18H23N5O4. The number of nitrogens with one attached hydrogen (secondary N) is 2. The minimum absolute atomic E-state index is 0.222. The van der Waals surface area contributed by atoms with Crippen LogP contribution in [0, 0.1) is 0 Å². The molecule has 0 radical (unpaired) electrons. The van der Waals surface area contributed by atoms with Crippen LogP contribution in [0.15, 0.2) is 23.0 Å². The van der Waals surface area contributed by atoms with E-state index in [-0.39, 0.29) is 17.6 Å². The number of ether oxygens (including phenoxy) is 1. The number of carbonyl (C=O) groups is 2. The second kappa shape index (κ2) is 8.17. The first-order chi connectivity index (χ1) is 13.0. The van der Waals surface area contributed by atoms with E-state index in [1.807, 2.05) is 6.07 Å². The number of anilines is 1. The number of nitrogens with zero attached hydrogens (tertiary/aromatic N) is 3. The summed E-state index contributed by atoms with van der Waals surface area (Å²) in [5.74, 6) is 0.172. The minimum atomic E-state index is -0.284. The maximum Gasteiger partial charge on any atom is 0.409 e. The van der Waals surface area contributed by atoms with E-state index in [2.05, 4.69) is 20.2 Å². The van der Waals surface area contributed by atoms with Gasteiger partial charge in [0.2, 0.25) is 11.5 Å². The molecule has 27 heavy (non-hydrogen) atoms. The molecule has 0 aromatic carbocycles. The summed E-state index contributed by atoms with van der Waals surface area (Å²) in [6.45, 7) is 6.72. The summed E-state index contributed by atoms with van der Waals surface area (Å²) in [4.78, 5) is 45.9. The molecule has 2 amide bonds. The van der Waals surface area contributed by atoms with E-state index in [1.54, 1.807) is 24.0 Å². The van der Waals surface area contributed by atoms with Crippen LogP contribution >= 0.6 is 0 Å². The Morgan fingerprint density at radius 1 is 1.26 bits per heavy atom. The van der Waals surface area contributed by atoms with Crippen molar-refractivity contribution in [1.29, 1.82) is 0 Å². The number of rotatable bonds is 4. The molecular weight excluding hydrogens is 350 g/mol. The largest absolute Gasteiger partial charge is 0.450 e. The summed E-state index contributed by atoms with van der Waals surface area (Å²) in [6.07, 6.45) is -0.284. The molecule has 1 aliphatic rings. The minimum Gasteiger partial charge on any atom is -0.450 e. The Morgan fingerprint density at radius 2 is 2.00 bits per heavy atom. The fourth-order valence-electron chi connectivity index (χ4n) is 3.13. The van der Waals surface area contributed by atoms with Crippen molar-refractivity contribution in [2.45, 2.75) is 20.4 Å². The molecule has 9 heteroatoms. The third kappa shape index (κ3) is 4.62. The van der Waals surface area contributed by atoms with Gasteiger partial charge in [0.1, 0.15) is 11.5 Å². The molecule has 144 valence electrons. The van der Waals surface area contributed by atoms with Crippen molar-refractivity contribution in [2.24, 2.45) is 0 Å². The number of amides is 2. The van der Waals surface area contributed by atoms with Gasteiger partial charge in [-0.25, -0.2) is 9.78 Å². The number of aromatic amines is 1. The third-order valence-electron chi connectivity index (χ3n) is 4.38. The lowest BCUT2D eigenvalue weighted by Crippen LogP contribution is -2.48. The highest BCUT2D eigenvalue weighted by Gasteiger charge is 2.22. The van der Waals surface area contributed by atoms with Crippen molar-refractivity contribution in [3.8, 4) is 0 Å². The van der Waals surface area contributed by atoms with Crippen LogP contribution in [0.25, 0.3) is 11.0 Å². The zero-order chi connectivity index (χ0) is 19.4. The summed E-state index contributed by atoms with van der Waals surface area (Å²) < 4.78 is 5.03. The molecule has 1 aliphatic heterocycles. The number of carbonyl (C=O) groups excluding carboxylic acids is 2. The lowest BCUT2D eigenvalue weighted by molar-refractivity contribution is -0.114. The van der Waals surface area contributed by atoms with Crippen LogP contribution in [0.2, 0.25) is 0 Å². The Bertz CT molecular complexity index is 902. The molecule has 1 fully saturated rings. The highest BCUT2D eigenvalue weighted by molar-refractivity contribution is 5.89. The summed E-state index contributed by atoms with van der Waals surface area (Å²) in [7, 11) is 0. The van der Waals surface area contributed by atoms with Crippen LogP contribution in [0.3, 0.4) is 0 Å². The Hall–Kier alpha value is -2.94. The van der Waals surface area contributed by atoms with Crippen molar-refractivity contribution in [1.82, 2.24) is 19.8 Å². The van der Waals surface area contributed by atoms with Gasteiger partial charge in [-0.2, -0.15) is 0 Å². The van der Waals surface area contributed by atoms with Gasteiger partial charge < -0.3 is 19.9 Å². The van der Waals surface area contributed by atoms with E-state index < -0.39 is 0 Å². The Kier molecular flexibility index (Phi) is 5.70. The Labute approximate surface area is 156 Å². The molecule has 2 aromatic heterocycles. The van der Waals surface area contributed by atoms with Crippen molar-refractivity contribution < 1.29 is 14.3 Å². The van der Waals surface area contributed by atoms with Crippen molar-refractivity contribution in [3.63, 3.8) is 0 Å². The maximum atomic E-state index is 12.0. The van der Waals surface area contributed by atoms with Gasteiger partial charge in [-0.3, -0.25) is 14.5 Å². The number of pyridine rings is 2. The highest BCUT2D eigenvalue weighted by atomic mass is 16.6. The summed E-state index contributed by atoms with van der Waals surface area (Å²) in [5.41, 5.74) is 1.06. The predicted octanol–water partition coefficient (Wildman–Crippen LogP) is 1.16. The monoisotopic (exact) mass is 373 g/mol. The van der Waals surface area contributed by atoms with Crippen molar-refractivity contribution >= 4 is 28.9 Å². The summed E-state index contributed by atoms with van der Waals surface area (Å²) in [6, 6.07) is 5.12. The highest BCUT2D eigenvalue weighted by Crippen LogP contribution is 2.19. The quantitative estimate of drug-likeness (QED) is 0.833. The summed E-state index contributed by atoms with van der Waals surface area (Å²) in [5, 5.41) is 3.44. The Balaban J connectivity index is 1.74. The molecule has 9 nitrogen and oxygen atoms in total. The van der Waals surface area contributed by atoms with Gasteiger partial charge in [-0.1, -0.05) is 0 Å². The molecule has 2 N–H and O–H groups in total. The number of H-pyrrole nitrogens is 1. The number of fused-ring (bicyclic) bond motifs is 1. The fraction of sp³-hybridized carbons (Fsp3) is 0.444. The smallest absolute Gasteiger partial charge is 0.409 e. The zero-order valence-electron chi connectivity index (χ0n) is 15.4. The molecule has 0 unspecified atom stereocenters. The van der Waals surface area contributed by atoms with Crippen LogP contribution in [0.4, 0.5) is 10.6 Å². The second-order valence-electron chi connectivity index (χ2n) is 6.39. The number of aromatic nitrogens is 2. The van der Waals surface area contributed by atoms with E-state index >= 15 is 0 Å². The molecule has 0 saturated carbocycles. The van der Waals surface area contributed by atoms with Crippen LogP contribution in [-0.2, 0) is 16.1 Å². The first-order valence-electron chi connectivity index (χ1n) is 8.91. The predicted molar refractivity (Wildman–Crippen MR) is 101 cm³/mol. The lowest BCUT2D eigenvalue weighted by atomic mass is 10.1. The molecule has 0 bridgehead atoms. The fourth-order valence-corrected chi connectivity index (χ4v) is 3.13. The first-order valence-corrected chi connectivity index (χ1v) is 8.91. The van der Waals surface area contributed by atoms with Crippen LogP contribution < -0.4 is 10.9 Å². The average molecular weight is 373 g/mol. The summed E-state index contributed by atoms with van der Waals surface area (Å²) >= 11 is 0. The normalized spacial score (nSPS) is 15.0. The topological polar surface area (TPSA) is 108 Å². The number of piperazine rings is 1. The SMILES string of the molecule is CCOC(=O)N1CCN(Cc2cc(=O)[nH]c3nc(NC(C)=O)ccc23)CC1. The van der Waals surface area contributed by atoms with E-state index in [0.29, 0.717) is 50.8 Å². The Morgan fingerprint density at radius 3 is 2.67 bits per heavy atom. The van der Waals surface area contributed by atoms with E-state index in [4.69, 9.17) is 4.74 Å². The molecule has 3 rings (SSSR count). The molecule has 2 aromatic rings. The van der Waals surface area contributed by atoms with Crippen LogP contribution in [0.5, 0.6) is 0 Å². The maximum absolute atomic E-state index is 12.0. The van der Waals surface area contributed by atoms with Crippen LogP contribution in [0.1, 0.15) is 19.4 Å². The standard InChI is InChI=1S/C18H23N5O4/c1-3-27-18(26)23-8-6-22(7-9-23)11-13-10-16(25)21-17-14(13)4-5-15(20-17)19-12(2)24/h4-5,10H,3,6-9,11H2,1-2H3,(H2,19,20,21,24,25). The molecule has 0 atom stereocenters. The first kappa shape index (κ1) is 18.8. The van der Waals surface area contributed by atoms with E-state index in [1.165, 1.54) is 6.92 Å². The average Bonchev–Trinajstić information content (AvgIpc) is 2.61. The van der Waals surface area contributed by atoms with Gasteiger partial charge >= 0.3 is 6.09 Å². The molecule has 1 saturated heterocycles. The zero-order valence-corrected chi connectivity index (χ0v) is 15.4.